The number of carbonyl (C=O) groups is 2. The summed E-state index contributed by atoms with van der Waals surface area (Å²) in [7, 11) is 0. The van der Waals surface area contributed by atoms with Gasteiger partial charge in [0.05, 0.1) is 6.04 Å². The Bertz CT molecular complexity index is 771. The summed E-state index contributed by atoms with van der Waals surface area (Å²) in [5.41, 5.74) is 3.18. The zero-order valence-electron chi connectivity index (χ0n) is 13.6. The standard InChI is InChI=1S/C19H20N2O2S/c1-13(22)21-17-6-3-2-5-14(17)11-18(21)19(23)20-9-4-7-16(20)15-8-10-24-12-15/h2-3,5-6,8,10,12,16,18H,4,7,9,11H2,1H3/t16-,18-/m0/s1. The topological polar surface area (TPSA) is 40.6 Å². The van der Waals surface area contributed by atoms with Crippen LogP contribution in [0.15, 0.2) is 41.1 Å². The highest BCUT2D eigenvalue weighted by atomic mass is 32.1. The fourth-order valence-corrected chi connectivity index (χ4v) is 4.71. The quantitative estimate of drug-likeness (QED) is 0.841. The largest absolute Gasteiger partial charge is 0.334 e. The molecule has 24 heavy (non-hydrogen) atoms. The lowest BCUT2D eigenvalue weighted by molar-refractivity contribution is -0.135. The highest BCUT2D eigenvalue weighted by molar-refractivity contribution is 7.08. The number of fused-ring (bicyclic) bond motifs is 1. The van der Waals surface area contributed by atoms with Crippen LogP contribution in [0.2, 0.25) is 0 Å². The number of anilines is 1. The zero-order valence-corrected chi connectivity index (χ0v) is 14.5. The van der Waals surface area contributed by atoms with Gasteiger partial charge in [0.25, 0.3) is 0 Å². The summed E-state index contributed by atoms with van der Waals surface area (Å²) in [6, 6.07) is 9.69. The molecule has 2 aliphatic rings. The van der Waals surface area contributed by atoms with Gasteiger partial charge in [0.15, 0.2) is 0 Å². The van der Waals surface area contributed by atoms with Crippen LogP contribution in [0.5, 0.6) is 0 Å². The monoisotopic (exact) mass is 340 g/mol. The third-order valence-electron chi connectivity index (χ3n) is 5.06. The van der Waals surface area contributed by atoms with Crippen LogP contribution in [0.4, 0.5) is 5.69 Å². The van der Waals surface area contributed by atoms with Crippen LogP contribution < -0.4 is 4.90 Å². The minimum Gasteiger partial charge on any atom is -0.334 e. The van der Waals surface area contributed by atoms with E-state index in [0.717, 1.165) is 30.6 Å². The first kappa shape index (κ1) is 15.4. The zero-order chi connectivity index (χ0) is 16.7. The van der Waals surface area contributed by atoms with E-state index in [1.807, 2.05) is 29.2 Å². The highest BCUT2D eigenvalue weighted by Crippen LogP contribution is 2.37. The van der Waals surface area contributed by atoms with E-state index in [1.54, 1.807) is 23.2 Å². The van der Waals surface area contributed by atoms with E-state index < -0.39 is 6.04 Å². The fraction of sp³-hybridized carbons (Fsp3) is 0.368. The van der Waals surface area contributed by atoms with Gasteiger partial charge in [0, 0.05) is 25.6 Å². The maximum Gasteiger partial charge on any atom is 0.246 e. The van der Waals surface area contributed by atoms with Crippen LogP contribution in [0.25, 0.3) is 0 Å². The first-order chi connectivity index (χ1) is 11.7. The van der Waals surface area contributed by atoms with Crippen LogP contribution in [0, 0.1) is 0 Å². The van der Waals surface area contributed by atoms with E-state index in [0.29, 0.717) is 6.42 Å². The number of likely N-dealkylation sites (tertiary alicyclic amines) is 1. The SMILES string of the molecule is CC(=O)N1c2ccccc2C[C@H]1C(=O)N1CCC[C@H]1c1ccsc1. The van der Waals surface area contributed by atoms with Gasteiger partial charge in [-0.3, -0.25) is 14.5 Å². The Morgan fingerprint density at radius 2 is 2.04 bits per heavy atom. The summed E-state index contributed by atoms with van der Waals surface area (Å²) in [6.07, 6.45) is 2.63. The van der Waals surface area contributed by atoms with E-state index in [-0.39, 0.29) is 17.9 Å². The molecule has 1 fully saturated rings. The molecule has 1 aromatic heterocycles. The Hall–Kier alpha value is -2.14. The molecule has 5 heteroatoms. The number of benzene rings is 1. The van der Waals surface area contributed by atoms with Crippen molar-refractivity contribution in [2.45, 2.75) is 38.3 Å². The average Bonchev–Trinajstić information content (AvgIpc) is 3.30. The normalized spacial score (nSPS) is 22.7. The van der Waals surface area contributed by atoms with Gasteiger partial charge in [-0.25, -0.2) is 0 Å². The molecule has 4 nitrogen and oxygen atoms in total. The van der Waals surface area contributed by atoms with Crippen LogP contribution in [0.1, 0.15) is 36.9 Å². The third kappa shape index (κ3) is 2.44. The van der Waals surface area contributed by atoms with Gasteiger partial charge in [-0.15, -0.1) is 0 Å². The van der Waals surface area contributed by atoms with Gasteiger partial charge in [0.1, 0.15) is 6.04 Å². The lowest BCUT2D eigenvalue weighted by Crippen LogP contribution is -2.48. The summed E-state index contributed by atoms with van der Waals surface area (Å²) in [5, 5.41) is 4.19. The first-order valence-electron chi connectivity index (χ1n) is 8.37. The Labute approximate surface area is 145 Å². The van der Waals surface area contributed by atoms with Crippen molar-refractivity contribution >= 4 is 28.8 Å². The highest BCUT2D eigenvalue weighted by Gasteiger charge is 2.41. The second-order valence-corrected chi connectivity index (χ2v) is 7.26. The predicted octanol–water partition coefficient (Wildman–Crippen LogP) is 3.39. The molecule has 2 aliphatic heterocycles. The van der Waals surface area contributed by atoms with Crippen LogP contribution >= 0.6 is 11.3 Å². The molecule has 4 rings (SSSR count). The molecule has 0 spiro atoms. The van der Waals surface area contributed by atoms with E-state index in [1.165, 1.54) is 5.56 Å². The second kappa shape index (κ2) is 6.06. The summed E-state index contributed by atoms with van der Waals surface area (Å²) >= 11 is 1.67. The molecule has 124 valence electrons. The molecule has 1 aromatic carbocycles. The van der Waals surface area contributed by atoms with Crippen LogP contribution in [-0.4, -0.2) is 29.3 Å². The van der Waals surface area contributed by atoms with Crippen molar-refractivity contribution < 1.29 is 9.59 Å². The molecule has 3 heterocycles. The van der Waals surface area contributed by atoms with E-state index in [4.69, 9.17) is 0 Å². The number of hydrogen-bond donors (Lipinski definition) is 0. The number of hydrogen-bond acceptors (Lipinski definition) is 3. The maximum absolute atomic E-state index is 13.3. The first-order valence-corrected chi connectivity index (χ1v) is 9.31. The molecule has 2 aromatic rings. The third-order valence-corrected chi connectivity index (χ3v) is 5.77. The van der Waals surface area contributed by atoms with Gasteiger partial charge < -0.3 is 4.90 Å². The average molecular weight is 340 g/mol. The minimum absolute atomic E-state index is 0.0652. The fourth-order valence-electron chi connectivity index (χ4n) is 4.01. The number of carbonyl (C=O) groups excluding carboxylic acids is 2. The van der Waals surface area contributed by atoms with Crippen molar-refractivity contribution in [3.63, 3.8) is 0 Å². The van der Waals surface area contributed by atoms with Crippen molar-refractivity contribution in [1.82, 2.24) is 4.90 Å². The summed E-state index contributed by atoms with van der Waals surface area (Å²) < 4.78 is 0. The lowest BCUT2D eigenvalue weighted by Gasteiger charge is -2.31. The summed E-state index contributed by atoms with van der Waals surface area (Å²) in [4.78, 5) is 29.1. The molecule has 0 bridgehead atoms. The van der Waals surface area contributed by atoms with Gasteiger partial charge in [0.2, 0.25) is 11.8 Å². The molecule has 0 radical (unpaired) electrons. The Balaban J connectivity index is 1.63. The van der Waals surface area contributed by atoms with Gasteiger partial charge in [-0.05, 0) is 46.9 Å². The lowest BCUT2D eigenvalue weighted by atomic mass is 10.1. The molecule has 2 atom stereocenters. The van der Waals surface area contributed by atoms with Gasteiger partial charge in [-0.1, -0.05) is 18.2 Å². The van der Waals surface area contributed by atoms with Gasteiger partial charge >= 0.3 is 0 Å². The van der Waals surface area contributed by atoms with Crippen molar-refractivity contribution in [3.8, 4) is 0 Å². The van der Waals surface area contributed by atoms with Crippen LogP contribution in [-0.2, 0) is 16.0 Å². The predicted molar refractivity (Wildman–Crippen MR) is 95.1 cm³/mol. The summed E-state index contributed by atoms with van der Waals surface area (Å²) in [5.74, 6) is 0.0136. The van der Waals surface area contributed by atoms with Crippen LogP contribution in [0.3, 0.4) is 0 Å². The smallest absolute Gasteiger partial charge is 0.246 e. The number of rotatable bonds is 2. The Morgan fingerprint density at radius 1 is 1.21 bits per heavy atom. The van der Waals surface area contributed by atoms with Gasteiger partial charge in [-0.2, -0.15) is 11.3 Å². The molecule has 2 amide bonds. The molecule has 0 unspecified atom stereocenters. The number of thiophene rings is 1. The van der Waals surface area contributed by atoms with Crippen molar-refractivity contribution in [3.05, 3.63) is 52.2 Å². The number of amides is 2. The van der Waals surface area contributed by atoms with E-state index in [2.05, 4.69) is 16.8 Å². The summed E-state index contributed by atoms with van der Waals surface area (Å²) in [6.45, 7) is 2.32. The molecule has 1 saturated heterocycles. The minimum atomic E-state index is -0.404. The molecular weight excluding hydrogens is 320 g/mol. The second-order valence-electron chi connectivity index (χ2n) is 6.48. The maximum atomic E-state index is 13.3. The van der Waals surface area contributed by atoms with Crippen molar-refractivity contribution in [1.29, 1.82) is 0 Å². The number of nitrogens with zero attached hydrogens (tertiary/aromatic N) is 2. The molecule has 0 saturated carbocycles. The molecule has 0 N–H and O–H groups in total. The van der Waals surface area contributed by atoms with E-state index >= 15 is 0 Å². The molecule has 0 aliphatic carbocycles. The van der Waals surface area contributed by atoms with Crippen molar-refractivity contribution in [2.24, 2.45) is 0 Å². The van der Waals surface area contributed by atoms with E-state index in [9.17, 15) is 9.59 Å². The Morgan fingerprint density at radius 3 is 2.79 bits per heavy atom. The molecular formula is C19H20N2O2S. The Kier molecular flexibility index (Phi) is 3.88. The van der Waals surface area contributed by atoms with Crippen molar-refractivity contribution in [2.75, 3.05) is 11.4 Å². The number of para-hydroxylation sites is 1.